The summed E-state index contributed by atoms with van der Waals surface area (Å²) in [5.41, 5.74) is 7.82. The minimum Gasteiger partial charge on any atom is -0.444 e. The van der Waals surface area contributed by atoms with Gasteiger partial charge in [0.05, 0.1) is 18.6 Å². The number of rotatable bonds is 3. The Morgan fingerprint density at radius 1 is 1.18 bits per heavy atom. The molecule has 1 amide bonds. The second kappa shape index (κ2) is 8.33. The number of imidazole rings is 1. The molecule has 2 N–H and O–H groups in total. The quantitative estimate of drug-likeness (QED) is 0.648. The molecule has 2 heterocycles. The lowest BCUT2D eigenvalue weighted by molar-refractivity contribution is 0.0186. The number of para-hydroxylation sites is 1. The SMILES string of the molecule is CC(C)(C)OC(=O)N1CCN(C(N)=NCc2ccccc2-n2ccnc2)CC1. The number of amides is 1. The van der Waals surface area contributed by atoms with Crippen molar-refractivity contribution in [1.29, 1.82) is 0 Å². The molecule has 0 radical (unpaired) electrons. The van der Waals surface area contributed by atoms with Gasteiger partial charge < -0.3 is 24.8 Å². The highest BCUT2D eigenvalue weighted by Gasteiger charge is 2.26. The Morgan fingerprint density at radius 3 is 2.50 bits per heavy atom. The number of piperazine rings is 1. The predicted octanol–water partition coefficient (Wildman–Crippen LogP) is 2.24. The Hall–Kier alpha value is -3.03. The highest BCUT2D eigenvalue weighted by atomic mass is 16.6. The van der Waals surface area contributed by atoms with Gasteiger partial charge in [-0.2, -0.15) is 0 Å². The van der Waals surface area contributed by atoms with E-state index in [-0.39, 0.29) is 6.09 Å². The summed E-state index contributed by atoms with van der Waals surface area (Å²) in [6, 6.07) is 8.04. The molecular formula is C20H28N6O2. The zero-order valence-electron chi connectivity index (χ0n) is 16.7. The van der Waals surface area contributed by atoms with Crippen LogP contribution in [0, 0.1) is 0 Å². The number of guanidine groups is 1. The topological polar surface area (TPSA) is 89.0 Å². The van der Waals surface area contributed by atoms with Crippen LogP contribution >= 0.6 is 0 Å². The molecule has 28 heavy (non-hydrogen) atoms. The number of benzene rings is 1. The molecule has 1 aliphatic rings. The summed E-state index contributed by atoms with van der Waals surface area (Å²) in [5.74, 6) is 0.490. The maximum atomic E-state index is 12.2. The van der Waals surface area contributed by atoms with Gasteiger partial charge in [-0.05, 0) is 32.4 Å². The molecule has 0 unspecified atom stereocenters. The first-order valence-electron chi connectivity index (χ1n) is 9.42. The molecule has 150 valence electrons. The molecule has 0 saturated carbocycles. The second-order valence-corrected chi connectivity index (χ2v) is 7.73. The monoisotopic (exact) mass is 384 g/mol. The van der Waals surface area contributed by atoms with E-state index in [1.54, 1.807) is 17.4 Å². The molecule has 3 rings (SSSR count). The Labute approximate surface area is 165 Å². The van der Waals surface area contributed by atoms with Gasteiger partial charge in [0, 0.05) is 38.6 Å². The van der Waals surface area contributed by atoms with Crippen LogP contribution in [-0.2, 0) is 11.3 Å². The van der Waals surface area contributed by atoms with Gasteiger partial charge in [0.2, 0.25) is 0 Å². The van der Waals surface area contributed by atoms with E-state index >= 15 is 0 Å². The van der Waals surface area contributed by atoms with E-state index in [2.05, 4.69) is 9.98 Å². The normalized spacial score (nSPS) is 15.6. The average molecular weight is 384 g/mol. The van der Waals surface area contributed by atoms with Crippen LogP contribution in [-0.4, -0.2) is 63.2 Å². The molecule has 0 aliphatic carbocycles. The van der Waals surface area contributed by atoms with Gasteiger partial charge in [0.1, 0.15) is 5.60 Å². The number of nitrogens with zero attached hydrogens (tertiary/aromatic N) is 5. The van der Waals surface area contributed by atoms with Crippen LogP contribution in [0.1, 0.15) is 26.3 Å². The lowest BCUT2D eigenvalue weighted by atomic mass is 10.2. The predicted molar refractivity (Wildman–Crippen MR) is 108 cm³/mol. The van der Waals surface area contributed by atoms with Crippen LogP contribution in [0.4, 0.5) is 4.79 Å². The van der Waals surface area contributed by atoms with E-state index in [1.807, 2.05) is 60.7 Å². The first kappa shape index (κ1) is 19.7. The number of nitrogens with two attached hydrogens (primary N) is 1. The van der Waals surface area contributed by atoms with Gasteiger partial charge in [0.25, 0.3) is 0 Å². The van der Waals surface area contributed by atoms with Crippen molar-refractivity contribution in [3.8, 4) is 5.69 Å². The number of aliphatic imine (C=N–C) groups is 1. The van der Waals surface area contributed by atoms with E-state index in [0.717, 1.165) is 11.3 Å². The van der Waals surface area contributed by atoms with Gasteiger partial charge in [-0.3, -0.25) is 0 Å². The number of hydrogen-bond acceptors (Lipinski definition) is 4. The number of aromatic nitrogens is 2. The van der Waals surface area contributed by atoms with Crippen molar-refractivity contribution in [1.82, 2.24) is 19.4 Å². The van der Waals surface area contributed by atoms with E-state index in [4.69, 9.17) is 10.5 Å². The van der Waals surface area contributed by atoms with Crippen LogP contribution in [0.25, 0.3) is 5.69 Å². The first-order chi connectivity index (χ1) is 13.3. The maximum absolute atomic E-state index is 12.2. The number of hydrogen-bond donors (Lipinski definition) is 1. The largest absolute Gasteiger partial charge is 0.444 e. The molecule has 0 spiro atoms. The maximum Gasteiger partial charge on any atom is 0.410 e. The summed E-state index contributed by atoms with van der Waals surface area (Å²) in [6.45, 7) is 8.49. The zero-order chi connectivity index (χ0) is 20.1. The molecule has 0 bridgehead atoms. The van der Waals surface area contributed by atoms with Gasteiger partial charge in [-0.1, -0.05) is 18.2 Å². The van der Waals surface area contributed by atoms with Crippen molar-refractivity contribution in [2.75, 3.05) is 26.2 Å². The Bertz CT molecular complexity index is 817. The van der Waals surface area contributed by atoms with E-state index in [0.29, 0.717) is 38.7 Å². The fraction of sp³-hybridized carbons (Fsp3) is 0.450. The van der Waals surface area contributed by atoms with Crippen molar-refractivity contribution in [3.63, 3.8) is 0 Å². The minimum absolute atomic E-state index is 0.281. The Balaban J connectivity index is 1.58. The third-order valence-electron chi connectivity index (χ3n) is 4.44. The molecule has 1 fully saturated rings. The highest BCUT2D eigenvalue weighted by molar-refractivity contribution is 5.78. The zero-order valence-corrected chi connectivity index (χ0v) is 16.7. The minimum atomic E-state index is -0.489. The van der Waals surface area contributed by atoms with E-state index in [9.17, 15) is 4.79 Å². The van der Waals surface area contributed by atoms with Crippen molar-refractivity contribution in [3.05, 3.63) is 48.5 Å². The summed E-state index contributed by atoms with van der Waals surface area (Å²) in [4.78, 5) is 24.6. The van der Waals surface area contributed by atoms with Crippen molar-refractivity contribution in [2.45, 2.75) is 32.9 Å². The molecule has 1 saturated heterocycles. The van der Waals surface area contributed by atoms with E-state index < -0.39 is 5.60 Å². The fourth-order valence-corrected chi connectivity index (χ4v) is 3.01. The summed E-state index contributed by atoms with van der Waals surface area (Å²) in [5, 5.41) is 0. The molecule has 1 aromatic heterocycles. The molecule has 2 aromatic rings. The first-order valence-corrected chi connectivity index (χ1v) is 9.42. The van der Waals surface area contributed by atoms with Gasteiger partial charge in [0.15, 0.2) is 5.96 Å². The number of carbonyl (C=O) groups is 1. The molecule has 1 aliphatic heterocycles. The molecule has 8 nitrogen and oxygen atoms in total. The standard InChI is InChI=1S/C20H28N6O2/c1-20(2,3)28-19(27)25-12-10-24(11-13-25)18(21)23-14-16-6-4-5-7-17(16)26-9-8-22-15-26/h4-9,15H,10-14H2,1-3H3,(H2,21,23). The lowest BCUT2D eigenvalue weighted by Gasteiger charge is -2.36. The van der Waals surface area contributed by atoms with E-state index in [1.165, 1.54) is 0 Å². The second-order valence-electron chi connectivity index (χ2n) is 7.73. The van der Waals surface area contributed by atoms with Crippen molar-refractivity contribution < 1.29 is 9.53 Å². The fourth-order valence-electron chi connectivity index (χ4n) is 3.01. The summed E-state index contributed by atoms with van der Waals surface area (Å²) in [6.07, 6.45) is 5.14. The van der Waals surface area contributed by atoms with Crippen molar-refractivity contribution in [2.24, 2.45) is 10.7 Å². The van der Waals surface area contributed by atoms with Crippen LogP contribution in [0.5, 0.6) is 0 Å². The van der Waals surface area contributed by atoms with Gasteiger partial charge >= 0.3 is 6.09 Å². The lowest BCUT2D eigenvalue weighted by Crippen LogP contribution is -2.53. The van der Waals surface area contributed by atoms with Crippen LogP contribution in [0.2, 0.25) is 0 Å². The summed E-state index contributed by atoms with van der Waals surface area (Å²) < 4.78 is 7.39. The smallest absolute Gasteiger partial charge is 0.410 e. The summed E-state index contributed by atoms with van der Waals surface area (Å²) >= 11 is 0. The third kappa shape index (κ3) is 5.03. The molecule has 0 atom stereocenters. The average Bonchev–Trinajstić information content (AvgIpc) is 3.19. The Kier molecular flexibility index (Phi) is 5.87. The molecular weight excluding hydrogens is 356 g/mol. The van der Waals surface area contributed by atoms with Crippen LogP contribution < -0.4 is 5.73 Å². The number of carbonyl (C=O) groups excluding carboxylic acids is 1. The molecule has 1 aromatic carbocycles. The number of ether oxygens (including phenoxy) is 1. The van der Waals surface area contributed by atoms with Crippen LogP contribution in [0.15, 0.2) is 48.0 Å². The van der Waals surface area contributed by atoms with Gasteiger partial charge in [-0.15, -0.1) is 0 Å². The van der Waals surface area contributed by atoms with Crippen LogP contribution in [0.3, 0.4) is 0 Å². The molecule has 8 heteroatoms. The van der Waals surface area contributed by atoms with Gasteiger partial charge in [-0.25, -0.2) is 14.8 Å². The Morgan fingerprint density at radius 2 is 1.86 bits per heavy atom. The highest BCUT2D eigenvalue weighted by Crippen LogP contribution is 2.16. The summed E-state index contributed by atoms with van der Waals surface area (Å²) in [7, 11) is 0. The third-order valence-corrected chi connectivity index (χ3v) is 4.44. The van der Waals surface area contributed by atoms with Crippen molar-refractivity contribution >= 4 is 12.1 Å².